The molecule has 4 rings (SSSR count). The molecule has 0 saturated carbocycles. The standard InChI is InChI=1S/C21H26N4O/c1-15-4-3-9-25-12-18(23-21(15)25)14-26-19-7-5-17(6-8-19)11-24-10-16(2)20(22)13-24/h3-9,12,16,20H,10-11,13-14,22H2,1-2H3. The van der Waals surface area contributed by atoms with Gasteiger partial charge in [0.25, 0.3) is 0 Å². The van der Waals surface area contributed by atoms with Crippen LogP contribution in [0.5, 0.6) is 5.75 Å². The molecule has 3 aromatic rings. The molecule has 2 unspecified atom stereocenters. The van der Waals surface area contributed by atoms with Crippen molar-refractivity contribution in [3.8, 4) is 5.75 Å². The summed E-state index contributed by atoms with van der Waals surface area (Å²) in [5.74, 6) is 1.45. The van der Waals surface area contributed by atoms with Crippen LogP contribution in [0.2, 0.25) is 0 Å². The van der Waals surface area contributed by atoms with E-state index in [1.807, 2.05) is 35.0 Å². The number of pyridine rings is 1. The number of hydrogen-bond acceptors (Lipinski definition) is 4. The van der Waals surface area contributed by atoms with Crippen molar-refractivity contribution in [3.63, 3.8) is 0 Å². The number of imidazole rings is 1. The third kappa shape index (κ3) is 3.59. The lowest BCUT2D eigenvalue weighted by atomic mass is 10.1. The Hall–Kier alpha value is -2.37. The molecule has 2 aromatic heterocycles. The topological polar surface area (TPSA) is 55.8 Å². The van der Waals surface area contributed by atoms with E-state index in [-0.39, 0.29) is 0 Å². The highest BCUT2D eigenvalue weighted by Crippen LogP contribution is 2.20. The van der Waals surface area contributed by atoms with Crippen molar-refractivity contribution < 1.29 is 4.74 Å². The Labute approximate surface area is 154 Å². The maximum atomic E-state index is 6.11. The highest BCUT2D eigenvalue weighted by Gasteiger charge is 2.26. The second-order valence-corrected chi connectivity index (χ2v) is 7.42. The van der Waals surface area contributed by atoms with Crippen LogP contribution in [-0.4, -0.2) is 33.4 Å². The van der Waals surface area contributed by atoms with Crippen molar-refractivity contribution in [1.29, 1.82) is 0 Å². The molecule has 3 heterocycles. The molecule has 0 aliphatic carbocycles. The summed E-state index contributed by atoms with van der Waals surface area (Å²) in [6.07, 6.45) is 4.03. The van der Waals surface area contributed by atoms with E-state index < -0.39 is 0 Å². The summed E-state index contributed by atoms with van der Waals surface area (Å²) in [5.41, 5.74) is 10.5. The van der Waals surface area contributed by atoms with E-state index in [0.29, 0.717) is 18.6 Å². The van der Waals surface area contributed by atoms with Gasteiger partial charge in [0.15, 0.2) is 0 Å². The molecule has 136 valence electrons. The van der Waals surface area contributed by atoms with Gasteiger partial charge < -0.3 is 14.9 Å². The fraction of sp³-hybridized carbons (Fsp3) is 0.381. The van der Waals surface area contributed by atoms with Crippen LogP contribution in [0.3, 0.4) is 0 Å². The minimum Gasteiger partial charge on any atom is -0.487 e. The summed E-state index contributed by atoms with van der Waals surface area (Å²) < 4.78 is 7.95. The molecule has 26 heavy (non-hydrogen) atoms. The van der Waals surface area contributed by atoms with Crippen LogP contribution in [0, 0.1) is 12.8 Å². The third-order valence-electron chi connectivity index (χ3n) is 5.19. The molecule has 0 bridgehead atoms. The fourth-order valence-corrected chi connectivity index (χ4v) is 3.60. The summed E-state index contributed by atoms with van der Waals surface area (Å²) in [7, 11) is 0. The molecular formula is C21H26N4O. The number of nitrogens with zero attached hydrogens (tertiary/aromatic N) is 3. The molecular weight excluding hydrogens is 324 g/mol. The van der Waals surface area contributed by atoms with Crippen LogP contribution in [0.1, 0.15) is 23.7 Å². The molecule has 1 aliphatic heterocycles. The lowest BCUT2D eigenvalue weighted by Crippen LogP contribution is -2.28. The van der Waals surface area contributed by atoms with E-state index >= 15 is 0 Å². The van der Waals surface area contributed by atoms with Gasteiger partial charge in [-0.1, -0.05) is 25.1 Å². The Bertz CT molecular complexity index is 877. The largest absolute Gasteiger partial charge is 0.487 e. The lowest BCUT2D eigenvalue weighted by molar-refractivity contribution is 0.300. The van der Waals surface area contributed by atoms with Crippen LogP contribution in [0.15, 0.2) is 48.8 Å². The number of nitrogens with two attached hydrogens (primary N) is 1. The molecule has 5 nitrogen and oxygen atoms in total. The van der Waals surface area contributed by atoms with E-state index in [2.05, 4.69) is 41.9 Å². The van der Waals surface area contributed by atoms with Gasteiger partial charge in [0.2, 0.25) is 0 Å². The molecule has 1 aliphatic rings. The molecule has 2 N–H and O–H groups in total. The molecule has 2 atom stereocenters. The number of hydrogen-bond donors (Lipinski definition) is 1. The molecule has 1 fully saturated rings. The Morgan fingerprint density at radius 3 is 2.69 bits per heavy atom. The quantitative estimate of drug-likeness (QED) is 0.768. The second-order valence-electron chi connectivity index (χ2n) is 7.42. The Balaban J connectivity index is 1.36. The van der Waals surface area contributed by atoms with Gasteiger partial charge in [0, 0.05) is 38.1 Å². The number of ether oxygens (including phenoxy) is 1. The van der Waals surface area contributed by atoms with Crippen LogP contribution < -0.4 is 10.5 Å². The normalized spacial score (nSPS) is 20.7. The number of aryl methyl sites for hydroxylation is 1. The molecule has 1 saturated heterocycles. The summed E-state index contributed by atoms with van der Waals surface area (Å²) in [4.78, 5) is 7.07. The first-order valence-corrected chi connectivity index (χ1v) is 9.21. The van der Waals surface area contributed by atoms with Gasteiger partial charge in [-0.3, -0.25) is 4.90 Å². The van der Waals surface area contributed by atoms with Crippen molar-refractivity contribution in [1.82, 2.24) is 14.3 Å². The molecule has 5 heteroatoms. The molecule has 0 amide bonds. The highest BCUT2D eigenvalue weighted by molar-refractivity contribution is 5.47. The lowest BCUT2D eigenvalue weighted by Gasteiger charge is -2.15. The van der Waals surface area contributed by atoms with Crippen LogP contribution >= 0.6 is 0 Å². The van der Waals surface area contributed by atoms with Crippen molar-refractivity contribution >= 4 is 5.65 Å². The average Bonchev–Trinajstić information content (AvgIpc) is 3.18. The molecule has 1 aromatic carbocycles. The first kappa shape index (κ1) is 17.1. The van der Waals surface area contributed by atoms with Crippen molar-refractivity contribution in [2.75, 3.05) is 13.1 Å². The maximum absolute atomic E-state index is 6.11. The van der Waals surface area contributed by atoms with Crippen LogP contribution in [-0.2, 0) is 13.2 Å². The Kier molecular flexibility index (Phi) is 4.66. The Morgan fingerprint density at radius 1 is 1.19 bits per heavy atom. The van der Waals surface area contributed by atoms with Gasteiger partial charge in [-0.25, -0.2) is 4.98 Å². The van der Waals surface area contributed by atoms with Gasteiger partial charge in [-0.15, -0.1) is 0 Å². The summed E-state index contributed by atoms with van der Waals surface area (Å²) in [6.45, 7) is 7.77. The number of fused-ring (bicyclic) bond motifs is 1. The summed E-state index contributed by atoms with van der Waals surface area (Å²) in [6, 6.07) is 12.7. The number of likely N-dealkylation sites (tertiary alicyclic amines) is 1. The summed E-state index contributed by atoms with van der Waals surface area (Å²) in [5, 5.41) is 0. The van der Waals surface area contributed by atoms with E-state index in [0.717, 1.165) is 36.7 Å². The first-order valence-electron chi connectivity index (χ1n) is 9.21. The number of rotatable bonds is 5. The maximum Gasteiger partial charge on any atom is 0.140 e. The van der Waals surface area contributed by atoms with E-state index in [1.54, 1.807) is 0 Å². The third-order valence-corrected chi connectivity index (χ3v) is 5.19. The Morgan fingerprint density at radius 2 is 2.00 bits per heavy atom. The van der Waals surface area contributed by atoms with E-state index in [4.69, 9.17) is 10.5 Å². The van der Waals surface area contributed by atoms with Gasteiger partial charge >= 0.3 is 0 Å². The zero-order chi connectivity index (χ0) is 18.1. The average molecular weight is 350 g/mol. The minimum atomic E-state index is 0.298. The smallest absolute Gasteiger partial charge is 0.140 e. The highest BCUT2D eigenvalue weighted by atomic mass is 16.5. The molecule has 0 spiro atoms. The predicted octanol–water partition coefficient (Wildman–Crippen LogP) is 3.00. The van der Waals surface area contributed by atoms with Gasteiger partial charge in [0.05, 0.1) is 5.69 Å². The fourth-order valence-electron chi connectivity index (χ4n) is 3.60. The van der Waals surface area contributed by atoms with E-state index in [9.17, 15) is 0 Å². The van der Waals surface area contributed by atoms with Crippen molar-refractivity contribution in [2.24, 2.45) is 11.7 Å². The molecule has 0 radical (unpaired) electrons. The van der Waals surface area contributed by atoms with E-state index in [1.165, 1.54) is 11.1 Å². The van der Waals surface area contributed by atoms with Crippen LogP contribution in [0.4, 0.5) is 0 Å². The zero-order valence-electron chi connectivity index (χ0n) is 15.4. The monoisotopic (exact) mass is 350 g/mol. The predicted molar refractivity (Wildman–Crippen MR) is 103 cm³/mol. The van der Waals surface area contributed by atoms with Crippen molar-refractivity contribution in [2.45, 2.75) is 33.0 Å². The first-order chi connectivity index (χ1) is 12.6. The van der Waals surface area contributed by atoms with Crippen molar-refractivity contribution in [3.05, 3.63) is 65.6 Å². The summed E-state index contributed by atoms with van der Waals surface area (Å²) >= 11 is 0. The number of aromatic nitrogens is 2. The van der Waals surface area contributed by atoms with Crippen LogP contribution in [0.25, 0.3) is 5.65 Å². The van der Waals surface area contributed by atoms with Gasteiger partial charge in [-0.05, 0) is 42.2 Å². The van der Waals surface area contributed by atoms with Gasteiger partial charge in [-0.2, -0.15) is 0 Å². The van der Waals surface area contributed by atoms with Gasteiger partial charge in [0.1, 0.15) is 18.0 Å². The number of benzene rings is 1. The minimum absolute atomic E-state index is 0.298. The zero-order valence-corrected chi connectivity index (χ0v) is 15.4. The second kappa shape index (κ2) is 7.09. The SMILES string of the molecule is Cc1cccn2cc(COc3ccc(CN4CC(C)C(N)C4)cc3)nc12.